The lowest BCUT2D eigenvalue weighted by Crippen LogP contribution is -2.31. The minimum absolute atomic E-state index is 0.101. The molecule has 1 rings (SSSR count). The smallest absolute Gasteiger partial charge is 0.190 e. The number of halogens is 2. The Morgan fingerprint density at radius 1 is 1.33 bits per heavy atom. The fraction of sp³-hybridized carbons (Fsp3) is 0.455. The second kappa shape index (κ2) is 5.66. The van der Waals surface area contributed by atoms with Crippen molar-refractivity contribution in [2.45, 2.75) is 19.4 Å². The van der Waals surface area contributed by atoms with Gasteiger partial charge in [-0.15, -0.1) is 0 Å². The molecule has 0 aliphatic rings. The Morgan fingerprint density at radius 2 is 1.93 bits per heavy atom. The first-order valence-corrected chi connectivity index (χ1v) is 4.93. The summed E-state index contributed by atoms with van der Waals surface area (Å²) in [5, 5.41) is 2.99. The predicted molar refractivity (Wildman–Crippen MR) is 55.0 cm³/mol. The van der Waals surface area contributed by atoms with E-state index in [-0.39, 0.29) is 18.4 Å². The summed E-state index contributed by atoms with van der Waals surface area (Å²) < 4.78 is 31.3. The minimum Gasteiger partial charge on any atom is -0.486 e. The van der Waals surface area contributed by atoms with Gasteiger partial charge in [-0.1, -0.05) is 13.0 Å². The van der Waals surface area contributed by atoms with Crippen molar-refractivity contribution in [3.63, 3.8) is 0 Å². The highest BCUT2D eigenvalue weighted by atomic mass is 19.1. The van der Waals surface area contributed by atoms with Gasteiger partial charge in [0.2, 0.25) is 0 Å². The summed E-state index contributed by atoms with van der Waals surface area (Å²) in [4.78, 5) is 0. The van der Waals surface area contributed by atoms with E-state index < -0.39 is 11.6 Å². The topological polar surface area (TPSA) is 21.3 Å². The molecule has 0 radical (unpaired) electrons. The van der Waals surface area contributed by atoms with Crippen LogP contribution in [0, 0.1) is 11.6 Å². The van der Waals surface area contributed by atoms with E-state index in [4.69, 9.17) is 4.74 Å². The molecule has 0 aliphatic carbocycles. The molecule has 0 aliphatic heterocycles. The summed E-state index contributed by atoms with van der Waals surface area (Å²) in [6, 6.07) is 3.77. The number of para-hydroxylation sites is 1. The molecule has 0 spiro atoms. The molecule has 1 unspecified atom stereocenters. The van der Waals surface area contributed by atoms with Crippen molar-refractivity contribution >= 4 is 0 Å². The Hall–Kier alpha value is -1.16. The van der Waals surface area contributed by atoms with Crippen molar-refractivity contribution in [3.05, 3.63) is 29.8 Å². The van der Waals surface area contributed by atoms with Gasteiger partial charge in [0.05, 0.1) is 0 Å². The quantitative estimate of drug-likeness (QED) is 0.814. The second-order valence-electron chi connectivity index (χ2n) is 3.26. The molecule has 0 fully saturated rings. The standard InChI is InChI=1S/C11H15F2NO/c1-3-8(14-2)7-15-11-9(12)5-4-6-10(11)13/h4-6,8,14H,3,7H2,1-2H3. The Labute approximate surface area is 88.3 Å². The molecule has 84 valence electrons. The first-order valence-electron chi connectivity index (χ1n) is 4.93. The monoisotopic (exact) mass is 215 g/mol. The van der Waals surface area contributed by atoms with Gasteiger partial charge in [0.1, 0.15) is 6.61 Å². The third-order valence-corrected chi connectivity index (χ3v) is 2.25. The van der Waals surface area contributed by atoms with Gasteiger partial charge in [-0.05, 0) is 25.6 Å². The number of benzene rings is 1. The largest absolute Gasteiger partial charge is 0.486 e. The zero-order valence-corrected chi connectivity index (χ0v) is 8.89. The van der Waals surface area contributed by atoms with Gasteiger partial charge in [0.15, 0.2) is 17.4 Å². The van der Waals surface area contributed by atoms with E-state index in [1.54, 1.807) is 7.05 Å². The number of nitrogens with one attached hydrogen (secondary N) is 1. The lowest BCUT2D eigenvalue weighted by Gasteiger charge is -2.15. The molecular weight excluding hydrogens is 200 g/mol. The van der Waals surface area contributed by atoms with Crippen molar-refractivity contribution in [2.24, 2.45) is 0 Å². The molecule has 2 nitrogen and oxygen atoms in total. The molecule has 4 heteroatoms. The Kier molecular flexibility index (Phi) is 4.49. The summed E-state index contributed by atoms with van der Waals surface area (Å²) in [5.41, 5.74) is 0. The van der Waals surface area contributed by atoms with Crippen LogP contribution in [-0.2, 0) is 0 Å². The second-order valence-corrected chi connectivity index (χ2v) is 3.26. The van der Waals surface area contributed by atoms with Gasteiger partial charge in [0, 0.05) is 6.04 Å². The van der Waals surface area contributed by atoms with Crippen molar-refractivity contribution in [2.75, 3.05) is 13.7 Å². The molecule has 1 N–H and O–H groups in total. The summed E-state index contributed by atoms with van der Waals surface area (Å²) in [6.07, 6.45) is 0.840. The van der Waals surface area contributed by atoms with E-state index in [9.17, 15) is 8.78 Å². The average Bonchev–Trinajstić information content (AvgIpc) is 2.23. The number of likely N-dealkylation sites (N-methyl/N-ethyl adjacent to an activating group) is 1. The number of hydrogen-bond acceptors (Lipinski definition) is 2. The molecule has 15 heavy (non-hydrogen) atoms. The van der Waals surface area contributed by atoms with Gasteiger partial charge in [-0.3, -0.25) is 0 Å². The molecule has 1 aromatic carbocycles. The van der Waals surface area contributed by atoms with Crippen LogP contribution in [0.5, 0.6) is 5.75 Å². The highest BCUT2D eigenvalue weighted by Crippen LogP contribution is 2.20. The van der Waals surface area contributed by atoms with E-state index in [1.165, 1.54) is 18.2 Å². The van der Waals surface area contributed by atoms with Crippen molar-refractivity contribution in [3.8, 4) is 5.75 Å². The van der Waals surface area contributed by atoms with Crippen LogP contribution in [-0.4, -0.2) is 19.7 Å². The molecule has 0 amide bonds. The molecule has 0 saturated carbocycles. The molecule has 1 aromatic rings. The zero-order valence-electron chi connectivity index (χ0n) is 8.89. The van der Waals surface area contributed by atoms with Crippen LogP contribution >= 0.6 is 0 Å². The molecule has 0 saturated heterocycles. The van der Waals surface area contributed by atoms with Crippen LogP contribution in [0.25, 0.3) is 0 Å². The molecule has 1 atom stereocenters. The minimum atomic E-state index is -0.666. The van der Waals surface area contributed by atoms with Crippen LogP contribution in [0.3, 0.4) is 0 Å². The molecule has 0 bridgehead atoms. The SMILES string of the molecule is CCC(COc1c(F)cccc1F)NC. The normalized spacial score (nSPS) is 12.5. The first kappa shape index (κ1) is 11.9. The van der Waals surface area contributed by atoms with Crippen molar-refractivity contribution < 1.29 is 13.5 Å². The lowest BCUT2D eigenvalue weighted by atomic mass is 10.2. The first-order chi connectivity index (χ1) is 7.19. The molecule has 0 aromatic heterocycles. The van der Waals surface area contributed by atoms with Crippen molar-refractivity contribution in [1.29, 1.82) is 0 Å². The van der Waals surface area contributed by atoms with Crippen LogP contribution in [0.2, 0.25) is 0 Å². The van der Waals surface area contributed by atoms with E-state index in [0.717, 1.165) is 6.42 Å². The zero-order chi connectivity index (χ0) is 11.3. The van der Waals surface area contributed by atoms with Gasteiger partial charge < -0.3 is 10.1 Å². The number of rotatable bonds is 5. The maximum Gasteiger partial charge on any atom is 0.190 e. The van der Waals surface area contributed by atoms with Gasteiger partial charge in [0.25, 0.3) is 0 Å². The summed E-state index contributed by atoms with van der Waals surface area (Å²) >= 11 is 0. The average molecular weight is 215 g/mol. The summed E-state index contributed by atoms with van der Waals surface area (Å²) in [7, 11) is 1.79. The third-order valence-electron chi connectivity index (χ3n) is 2.25. The summed E-state index contributed by atoms with van der Waals surface area (Å²) in [6.45, 7) is 2.23. The maximum absolute atomic E-state index is 13.1. The van der Waals surface area contributed by atoms with Gasteiger partial charge >= 0.3 is 0 Å². The van der Waals surface area contributed by atoms with Crippen LogP contribution < -0.4 is 10.1 Å². The van der Waals surface area contributed by atoms with E-state index in [1.807, 2.05) is 6.92 Å². The fourth-order valence-electron chi connectivity index (χ4n) is 1.21. The van der Waals surface area contributed by atoms with Gasteiger partial charge in [-0.2, -0.15) is 0 Å². The van der Waals surface area contributed by atoms with Gasteiger partial charge in [-0.25, -0.2) is 8.78 Å². The molecular formula is C11H15F2NO. The highest BCUT2D eigenvalue weighted by molar-refractivity contribution is 5.26. The lowest BCUT2D eigenvalue weighted by molar-refractivity contribution is 0.245. The third kappa shape index (κ3) is 3.16. The van der Waals surface area contributed by atoms with Crippen LogP contribution in [0.15, 0.2) is 18.2 Å². The Balaban J connectivity index is 2.64. The number of hydrogen-bond donors (Lipinski definition) is 1. The van der Waals surface area contributed by atoms with Crippen LogP contribution in [0.4, 0.5) is 8.78 Å². The fourth-order valence-corrected chi connectivity index (χ4v) is 1.21. The summed E-state index contributed by atoms with van der Waals surface area (Å²) in [5.74, 6) is -1.63. The van der Waals surface area contributed by atoms with E-state index in [0.29, 0.717) is 0 Å². The number of ether oxygens (including phenoxy) is 1. The predicted octanol–water partition coefficient (Wildman–Crippen LogP) is 2.34. The Bertz CT molecular complexity index is 293. The van der Waals surface area contributed by atoms with E-state index in [2.05, 4.69) is 5.32 Å². The maximum atomic E-state index is 13.1. The van der Waals surface area contributed by atoms with Crippen LogP contribution in [0.1, 0.15) is 13.3 Å². The van der Waals surface area contributed by atoms with E-state index >= 15 is 0 Å². The molecule has 0 heterocycles. The van der Waals surface area contributed by atoms with Crippen molar-refractivity contribution in [1.82, 2.24) is 5.32 Å². The highest BCUT2D eigenvalue weighted by Gasteiger charge is 2.11. The Morgan fingerprint density at radius 3 is 2.40 bits per heavy atom.